The zero-order chi connectivity index (χ0) is 9.14. The number of benzene rings is 1. The van der Waals surface area contributed by atoms with Gasteiger partial charge in [0.15, 0.2) is 0 Å². The Morgan fingerprint density at radius 1 is 1.42 bits per heavy atom. The summed E-state index contributed by atoms with van der Waals surface area (Å²) in [7, 11) is 0. The van der Waals surface area contributed by atoms with E-state index in [4.69, 9.17) is 34.0 Å². The van der Waals surface area contributed by atoms with Gasteiger partial charge in [-0.2, -0.15) is 0 Å². The number of halogens is 2. The Morgan fingerprint density at radius 2 is 2.08 bits per heavy atom. The van der Waals surface area contributed by atoms with Gasteiger partial charge in [-0.15, -0.1) is 0 Å². The van der Waals surface area contributed by atoms with Crippen molar-refractivity contribution in [1.29, 1.82) is 0 Å². The molecule has 0 saturated carbocycles. The normalized spacial score (nSPS) is 13.0. The summed E-state index contributed by atoms with van der Waals surface area (Å²) in [6.45, 7) is -0.124. The fourth-order valence-corrected chi connectivity index (χ4v) is 1.45. The molecule has 0 aromatic heterocycles. The van der Waals surface area contributed by atoms with Crippen LogP contribution in [0.4, 0.5) is 0 Å². The van der Waals surface area contributed by atoms with Crippen LogP contribution in [0, 0.1) is 0 Å². The zero-order valence-electron chi connectivity index (χ0n) is 6.30. The maximum Gasteiger partial charge on any atom is 0.0624 e. The summed E-state index contributed by atoms with van der Waals surface area (Å²) in [6.07, 6.45) is 0. The summed E-state index contributed by atoms with van der Waals surface area (Å²) >= 11 is 11.5. The molecule has 0 spiro atoms. The van der Waals surface area contributed by atoms with Crippen molar-refractivity contribution in [3.8, 4) is 0 Å². The van der Waals surface area contributed by atoms with Crippen LogP contribution in [0.2, 0.25) is 10.0 Å². The van der Waals surface area contributed by atoms with Crippen molar-refractivity contribution in [3.63, 3.8) is 0 Å². The molecule has 1 atom stereocenters. The quantitative estimate of drug-likeness (QED) is 0.777. The van der Waals surface area contributed by atoms with Gasteiger partial charge in [-0.3, -0.25) is 0 Å². The van der Waals surface area contributed by atoms with Crippen molar-refractivity contribution in [2.45, 2.75) is 6.04 Å². The molecule has 1 aromatic carbocycles. The van der Waals surface area contributed by atoms with Crippen molar-refractivity contribution in [2.75, 3.05) is 6.61 Å². The SMILES string of the molecule is N[C@H](CO)c1ccc(Cl)cc1Cl. The van der Waals surface area contributed by atoms with Crippen molar-refractivity contribution in [2.24, 2.45) is 5.73 Å². The number of aliphatic hydroxyl groups excluding tert-OH is 1. The van der Waals surface area contributed by atoms with Crippen LogP contribution in [0.1, 0.15) is 11.6 Å². The van der Waals surface area contributed by atoms with E-state index in [0.29, 0.717) is 15.6 Å². The van der Waals surface area contributed by atoms with Crippen molar-refractivity contribution in [1.82, 2.24) is 0 Å². The molecule has 0 fully saturated rings. The van der Waals surface area contributed by atoms with E-state index in [1.165, 1.54) is 0 Å². The Balaban J connectivity index is 3.01. The first kappa shape index (κ1) is 9.81. The molecule has 0 aliphatic heterocycles. The summed E-state index contributed by atoms with van der Waals surface area (Å²) in [4.78, 5) is 0. The lowest BCUT2D eigenvalue weighted by molar-refractivity contribution is 0.268. The van der Waals surface area contributed by atoms with Crippen LogP contribution >= 0.6 is 23.2 Å². The van der Waals surface area contributed by atoms with E-state index < -0.39 is 6.04 Å². The van der Waals surface area contributed by atoms with E-state index >= 15 is 0 Å². The van der Waals surface area contributed by atoms with Crippen LogP contribution < -0.4 is 5.73 Å². The van der Waals surface area contributed by atoms with E-state index in [2.05, 4.69) is 0 Å². The molecule has 0 radical (unpaired) electrons. The highest BCUT2D eigenvalue weighted by Crippen LogP contribution is 2.24. The Labute approximate surface area is 80.9 Å². The lowest BCUT2D eigenvalue weighted by atomic mass is 10.1. The highest BCUT2D eigenvalue weighted by Gasteiger charge is 2.08. The first-order chi connectivity index (χ1) is 5.65. The van der Waals surface area contributed by atoms with Crippen LogP contribution in [0.5, 0.6) is 0 Å². The monoisotopic (exact) mass is 205 g/mol. The van der Waals surface area contributed by atoms with Crippen LogP contribution in [0.25, 0.3) is 0 Å². The molecule has 4 heteroatoms. The average molecular weight is 206 g/mol. The smallest absolute Gasteiger partial charge is 0.0624 e. The van der Waals surface area contributed by atoms with Crippen molar-refractivity contribution >= 4 is 23.2 Å². The minimum absolute atomic E-state index is 0.124. The third-order valence-electron chi connectivity index (χ3n) is 1.56. The fraction of sp³-hybridized carbons (Fsp3) is 0.250. The van der Waals surface area contributed by atoms with E-state index in [1.807, 2.05) is 0 Å². The van der Waals surface area contributed by atoms with E-state index in [0.717, 1.165) is 0 Å². The summed E-state index contributed by atoms with van der Waals surface area (Å²) in [5, 5.41) is 9.82. The van der Waals surface area contributed by atoms with E-state index in [-0.39, 0.29) is 6.61 Å². The standard InChI is InChI=1S/C8H9Cl2NO/c9-5-1-2-6(7(10)3-5)8(11)4-12/h1-3,8,12H,4,11H2/t8-/m1/s1. The fourth-order valence-electron chi connectivity index (χ4n) is 0.901. The molecule has 12 heavy (non-hydrogen) atoms. The Kier molecular flexibility index (Phi) is 3.35. The predicted octanol–water partition coefficient (Wildman–Crippen LogP) is 1.99. The van der Waals surface area contributed by atoms with Gasteiger partial charge in [-0.1, -0.05) is 29.3 Å². The van der Waals surface area contributed by atoms with Crippen LogP contribution in [0.3, 0.4) is 0 Å². The van der Waals surface area contributed by atoms with Gasteiger partial charge < -0.3 is 10.8 Å². The highest BCUT2D eigenvalue weighted by atomic mass is 35.5. The number of hydrogen-bond acceptors (Lipinski definition) is 2. The van der Waals surface area contributed by atoms with Crippen LogP contribution in [0.15, 0.2) is 18.2 Å². The topological polar surface area (TPSA) is 46.2 Å². The lowest BCUT2D eigenvalue weighted by Crippen LogP contribution is -2.14. The molecular weight excluding hydrogens is 197 g/mol. The maximum atomic E-state index is 8.77. The van der Waals surface area contributed by atoms with Gasteiger partial charge in [0.2, 0.25) is 0 Å². The molecule has 1 rings (SSSR count). The Hall–Kier alpha value is -0.280. The van der Waals surface area contributed by atoms with Gasteiger partial charge in [0.05, 0.1) is 12.6 Å². The van der Waals surface area contributed by atoms with Crippen molar-refractivity contribution in [3.05, 3.63) is 33.8 Å². The summed E-state index contributed by atoms with van der Waals surface area (Å²) in [5.41, 5.74) is 6.28. The lowest BCUT2D eigenvalue weighted by Gasteiger charge is -2.10. The van der Waals surface area contributed by atoms with Crippen LogP contribution in [-0.2, 0) is 0 Å². The molecule has 1 aromatic rings. The summed E-state index contributed by atoms with van der Waals surface area (Å²) in [5.74, 6) is 0. The van der Waals surface area contributed by atoms with Gasteiger partial charge in [0, 0.05) is 10.0 Å². The van der Waals surface area contributed by atoms with Gasteiger partial charge >= 0.3 is 0 Å². The minimum Gasteiger partial charge on any atom is -0.394 e. The predicted molar refractivity (Wildman–Crippen MR) is 50.5 cm³/mol. The summed E-state index contributed by atoms with van der Waals surface area (Å²) < 4.78 is 0. The molecular formula is C8H9Cl2NO. The highest BCUT2D eigenvalue weighted by molar-refractivity contribution is 6.35. The number of aliphatic hydroxyl groups is 1. The Morgan fingerprint density at radius 3 is 2.58 bits per heavy atom. The minimum atomic E-state index is -0.435. The number of hydrogen-bond donors (Lipinski definition) is 2. The first-order valence-corrected chi connectivity index (χ1v) is 4.22. The average Bonchev–Trinajstić information content (AvgIpc) is 2.03. The van der Waals surface area contributed by atoms with Gasteiger partial charge in [0.1, 0.15) is 0 Å². The molecule has 0 bridgehead atoms. The third kappa shape index (κ3) is 2.11. The molecule has 0 amide bonds. The van der Waals surface area contributed by atoms with Gasteiger partial charge in [0.25, 0.3) is 0 Å². The van der Waals surface area contributed by atoms with Gasteiger partial charge in [-0.05, 0) is 17.7 Å². The second-order valence-corrected chi connectivity index (χ2v) is 3.30. The first-order valence-electron chi connectivity index (χ1n) is 3.46. The maximum absolute atomic E-state index is 8.77. The summed E-state index contributed by atoms with van der Waals surface area (Å²) in [6, 6.07) is 4.58. The largest absolute Gasteiger partial charge is 0.394 e. The second-order valence-electron chi connectivity index (χ2n) is 2.45. The molecule has 0 heterocycles. The van der Waals surface area contributed by atoms with Crippen molar-refractivity contribution < 1.29 is 5.11 Å². The second kappa shape index (κ2) is 4.10. The zero-order valence-corrected chi connectivity index (χ0v) is 7.81. The van der Waals surface area contributed by atoms with E-state index in [9.17, 15) is 0 Å². The number of rotatable bonds is 2. The molecule has 0 aliphatic rings. The third-order valence-corrected chi connectivity index (χ3v) is 2.12. The molecule has 0 unspecified atom stereocenters. The molecule has 2 nitrogen and oxygen atoms in total. The Bertz CT molecular complexity index is 278. The molecule has 0 saturated heterocycles. The molecule has 0 aliphatic carbocycles. The number of nitrogens with two attached hydrogens (primary N) is 1. The van der Waals surface area contributed by atoms with Crippen LogP contribution in [-0.4, -0.2) is 11.7 Å². The molecule has 3 N–H and O–H groups in total. The van der Waals surface area contributed by atoms with Gasteiger partial charge in [-0.25, -0.2) is 0 Å². The van der Waals surface area contributed by atoms with E-state index in [1.54, 1.807) is 18.2 Å². The molecule has 66 valence electrons.